The van der Waals surface area contributed by atoms with Gasteiger partial charge in [0.05, 0.1) is 6.04 Å². The molecule has 0 aliphatic carbocycles. The van der Waals surface area contributed by atoms with Gasteiger partial charge >= 0.3 is 0 Å². The molecule has 1 aromatic carbocycles. The maximum Gasteiger partial charge on any atom is 0.237 e. The Hall–Kier alpha value is -1.06. The predicted molar refractivity (Wildman–Crippen MR) is 75.9 cm³/mol. The van der Waals surface area contributed by atoms with Crippen LogP contribution in [0.2, 0.25) is 5.02 Å². The highest BCUT2D eigenvalue weighted by Crippen LogP contribution is 2.09. The number of hydrogen-bond acceptors (Lipinski definition) is 2. The molecular weight excluding hydrogens is 248 g/mol. The normalized spacial score (nSPS) is 12.5. The van der Waals surface area contributed by atoms with Crippen molar-refractivity contribution < 1.29 is 4.79 Å². The average molecular weight is 269 g/mol. The van der Waals surface area contributed by atoms with Gasteiger partial charge in [-0.25, -0.2) is 0 Å². The summed E-state index contributed by atoms with van der Waals surface area (Å²) in [5, 5.41) is 6.83. The summed E-state index contributed by atoms with van der Waals surface area (Å²) in [5.41, 5.74) is 1.21. The first-order valence-corrected chi connectivity index (χ1v) is 6.65. The Balaban J connectivity index is 2.28. The lowest BCUT2D eigenvalue weighted by Crippen LogP contribution is -2.45. The zero-order valence-electron chi connectivity index (χ0n) is 11.2. The van der Waals surface area contributed by atoms with E-state index in [-0.39, 0.29) is 18.0 Å². The van der Waals surface area contributed by atoms with Crippen LogP contribution in [0, 0.1) is 0 Å². The molecular formula is C14H21ClN2O. The lowest BCUT2D eigenvalue weighted by molar-refractivity contribution is -0.123. The van der Waals surface area contributed by atoms with Crippen LogP contribution in [0.15, 0.2) is 24.3 Å². The molecule has 18 heavy (non-hydrogen) atoms. The summed E-state index contributed by atoms with van der Waals surface area (Å²) in [6, 6.07) is 7.78. The molecule has 2 N–H and O–H groups in total. The van der Waals surface area contributed by atoms with Crippen LogP contribution in [0.3, 0.4) is 0 Å². The van der Waals surface area contributed by atoms with E-state index >= 15 is 0 Å². The molecule has 0 bridgehead atoms. The molecule has 0 aliphatic heterocycles. The van der Waals surface area contributed by atoms with Crippen LogP contribution in [-0.2, 0) is 11.2 Å². The van der Waals surface area contributed by atoms with Gasteiger partial charge in [0, 0.05) is 11.1 Å². The SMILES string of the molecule is CC(C)NC(=O)C(C)NCCc1ccc(Cl)cc1. The number of benzene rings is 1. The highest BCUT2D eigenvalue weighted by atomic mass is 35.5. The molecule has 1 rings (SSSR count). The van der Waals surface area contributed by atoms with Crippen molar-refractivity contribution in [2.24, 2.45) is 0 Å². The van der Waals surface area contributed by atoms with Crippen molar-refractivity contribution in [2.45, 2.75) is 39.3 Å². The van der Waals surface area contributed by atoms with E-state index in [0.717, 1.165) is 18.0 Å². The number of carbonyl (C=O) groups excluding carboxylic acids is 1. The summed E-state index contributed by atoms with van der Waals surface area (Å²) in [4.78, 5) is 11.6. The molecule has 4 heteroatoms. The molecule has 1 atom stereocenters. The topological polar surface area (TPSA) is 41.1 Å². The maximum absolute atomic E-state index is 11.6. The largest absolute Gasteiger partial charge is 0.353 e. The third-order valence-electron chi connectivity index (χ3n) is 2.60. The average Bonchev–Trinajstić information content (AvgIpc) is 2.30. The molecule has 0 aliphatic rings. The highest BCUT2D eigenvalue weighted by Gasteiger charge is 2.12. The minimum Gasteiger partial charge on any atom is -0.353 e. The monoisotopic (exact) mass is 268 g/mol. The molecule has 0 spiro atoms. The van der Waals surface area contributed by atoms with Crippen molar-refractivity contribution in [3.05, 3.63) is 34.9 Å². The summed E-state index contributed by atoms with van der Waals surface area (Å²) >= 11 is 5.82. The van der Waals surface area contributed by atoms with Crippen LogP contribution in [0.1, 0.15) is 26.3 Å². The van der Waals surface area contributed by atoms with Crippen LogP contribution in [0.25, 0.3) is 0 Å². The third-order valence-corrected chi connectivity index (χ3v) is 2.85. The molecule has 0 saturated heterocycles. The van der Waals surface area contributed by atoms with Crippen LogP contribution in [0.4, 0.5) is 0 Å². The summed E-state index contributed by atoms with van der Waals surface area (Å²) in [7, 11) is 0. The van der Waals surface area contributed by atoms with Crippen LogP contribution in [0.5, 0.6) is 0 Å². The van der Waals surface area contributed by atoms with Crippen molar-refractivity contribution in [3.63, 3.8) is 0 Å². The summed E-state index contributed by atoms with van der Waals surface area (Å²) < 4.78 is 0. The molecule has 3 nitrogen and oxygen atoms in total. The smallest absolute Gasteiger partial charge is 0.237 e. The van der Waals surface area contributed by atoms with Gasteiger partial charge in [-0.2, -0.15) is 0 Å². The van der Waals surface area contributed by atoms with Crippen molar-refractivity contribution in [1.29, 1.82) is 0 Å². The predicted octanol–water partition coefficient (Wildman–Crippen LogP) is 2.39. The van der Waals surface area contributed by atoms with E-state index in [0.29, 0.717) is 0 Å². The molecule has 1 aromatic rings. The van der Waals surface area contributed by atoms with E-state index in [9.17, 15) is 4.79 Å². The second-order valence-corrected chi connectivity index (χ2v) is 5.15. The van der Waals surface area contributed by atoms with Crippen LogP contribution >= 0.6 is 11.6 Å². The molecule has 0 heterocycles. The van der Waals surface area contributed by atoms with Gasteiger partial charge in [0.25, 0.3) is 0 Å². The van der Waals surface area contributed by atoms with Crippen molar-refractivity contribution in [3.8, 4) is 0 Å². The Labute approximate surface area is 114 Å². The second-order valence-electron chi connectivity index (χ2n) is 4.72. The van der Waals surface area contributed by atoms with E-state index in [1.807, 2.05) is 45.0 Å². The lowest BCUT2D eigenvalue weighted by atomic mass is 10.1. The Bertz CT molecular complexity index is 376. The first-order chi connectivity index (χ1) is 8.49. The summed E-state index contributed by atoms with van der Waals surface area (Å²) in [6.45, 7) is 6.56. The Kier molecular flexibility index (Phi) is 6.16. The van der Waals surface area contributed by atoms with Gasteiger partial charge in [0.15, 0.2) is 0 Å². The minimum atomic E-state index is -0.167. The Morgan fingerprint density at radius 1 is 1.22 bits per heavy atom. The Morgan fingerprint density at radius 2 is 1.83 bits per heavy atom. The first-order valence-electron chi connectivity index (χ1n) is 6.27. The fraction of sp³-hybridized carbons (Fsp3) is 0.500. The van der Waals surface area contributed by atoms with Gasteiger partial charge in [-0.05, 0) is 51.4 Å². The van der Waals surface area contributed by atoms with Gasteiger partial charge in [-0.3, -0.25) is 4.79 Å². The van der Waals surface area contributed by atoms with Gasteiger partial charge in [-0.1, -0.05) is 23.7 Å². The molecule has 0 radical (unpaired) electrons. The lowest BCUT2D eigenvalue weighted by Gasteiger charge is -2.15. The number of carbonyl (C=O) groups is 1. The van der Waals surface area contributed by atoms with E-state index in [1.54, 1.807) is 0 Å². The Morgan fingerprint density at radius 3 is 2.39 bits per heavy atom. The first kappa shape index (κ1) is 15.0. The quantitative estimate of drug-likeness (QED) is 0.832. The van der Waals surface area contributed by atoms with Gasteiger partial charge in [0.1, 0.15) is 0 Å². The minimum absolute atomic E-state index is 0.0427. The molecule has 0 aromatic heterocycles. The maximum atomic E-state index is 11.6. The zero-order chi connectivity index (χ0) is 13.5. The van der Waals surface area contributed by atoms with E-state index in [1.165, 1.54) is 5.56 Å². The summed E-state index contributed by atoms with van der Waals surface area (Å²) in [5.74, 6) is 0.0427. The number of hydrogen-bond donors (Lipinski definition) is 2. The van der Waals surface area contributed by atoms with Gasteiger partial charge in [0.2, 0.25) is 5.91 Å². The van der Waals surface area contributed by atoms with Crippen molar-refractivity contribution in [2.75, 3.05) is 6.54 Å². The highest BCUT2D eigenvalue weighted by molar-refractivity contribution is 6.30. The number of amides is 1. The fourth-order valence-corrected chi connectivity index (χ4v) is 1.71. The van der Waals surface area contributed by atoms with Crippen molar-refractivity contribution >= 4 is 17.5 Å². The van der Waals surface area contributed by atoms with E-state index < -0.39 is 0 Å². The molecule has 100 valence electrons. The van der Waals surface area contributed by atoms with Crippen LogP contribution in [-0.4, -0.2) is 24.5 Å². The number of nitrogens with one attached hydrogen (secondary N) is 2. The molecule has 0 fully saturated rings. The molecule has 1 unspecified atom stereocenters. The third kappa shape index (κ3) is 5.52. The van der Waals surface area contributed by atoms with Gasteiger partial charge < -0.3 is 10.6 Å². The fourth-order valence-electron chi connectivity index (χ4n) is 1.59. The van der Waals surface area contributed by atoms with E-state index in [2.05, 4.69) is 10.6 Å². The van der Waals surface area contributed by atoms with Crippen molar-refractivity contribution in [1.82, 2.24) is 10.6 Å². The summed E-state index contributed by atoms with van der Waals surface area (Å²) in [6.07, 6.45) is 0.885. The van der Waals surface area contributed by atoms with Gasteiger partial charge in [-0.15, -0.1) is 0 Å². The van der Waals surface area contributed by atoms with E-state index in [4.69, 9.17) is 11.6 Å². The number of rotatable bonds is 6. The second kappa shape index (κ2) is 7.39. The molecule has 0 saturated carbocycles. The molecule has 1 amide bonds. The zero-order valence-corrected chi connectivity index (χ0v) is 11.9. The van der Waals surface area contributed by atoms with Crippen LogP contribution < -0.4 is 10.6 Å². The standard InChI is InChI=1S/C14H21ClN2O/c1-10(2)17-14(18)11(3)16-9-8-12-4-6-13(15)7-5-12/h4-7,10-11,16H,8-9H2,1-3H3,(H,17,18). The number of halogens is 1.